The Morgan fingerprint density at radius 3 is 1.31 bits per heavy atom. The summed E-state index contributed by atoms with van der Waals surface area (Å²) in [5.74, 6) is 0.659. The van der Waals surface area contributed by atoms with Crippen molar-refractivity contribution < 1.29 is 68.0 Å². The van der Waals surface area contributed by atoms with Crippen LogP contribution in [0.15, 0.2) is 162 Å². The third-order valence-corrected chi connectivity index (χ3v) is 20.5. The van der Waals surface area contributed by atoms with Gasteiger partial charge >= 0.3 is 18.3 Å². The Morgan fingerprint density at radius 2 is 0.932 bits per heavy atom. The third-order valence-electron chi connectivity index (χ3n) is 16.4. The highest BCUT2D eigenvalue weighted by atomic mass is 79.9. The number of aliphatic imine (C=N–C) groups is 1. The van der Waals surface area contributed by atoms with Crippen molar-refractivity contribution in [2.45, 2.75) is 166 Å². The molecule has 3 saturated heterocycles. The Bertz CT molecular complexity index is 4380. The van der Waals surface area contributed by atoms with Gasteiger partial charge in [0.1, 0.15) is 58.1 Å². The van der Waals surface area contributed by atoms with Crippen LogP contribution in [0.2, 0.25) is 0 Å². The monoisotopic (exact) mass is 1940 g/mol. The zero-order valence-corrected chi connectivity index (χ0v) is 76.1. The van der Waals surface area contributed by atoms with Crippen LogP contribution >= 0.6 is 79.6 Å². The van der Waals surface area contributed by atoms with E-state index in [0.29, 0.717) is 80.1 Å². The maximum absolute atomic E-state index is 12.5. The highest BCUT2D eigenvalue weighted by Gasteiger charge is 2.32. The first-order valence-corrected chi connectivity index (χ1v) is 41.2. The molecule has 0 saturated carbocycles. The number of nitrogens with one attached hydrogen (secondary N) is 1. The highest BCUT2D eigenvalue weighted by molar-refractivity contribution is 9.11. The molecule has 26 nitrogen and oxygen atoms in total. The molecular weight excluding hydrogens is 1820 g/mol. The minimum absolute atomic E-state index is 0. The summed E-state index contributed by atoms with van der Waals surface area (Å²) in [6.07, 6.45) is 8.16. The summed E-state index contributed by atoms with van der Waals surface area (Å²) in [5.41, 5.74) is 16.9. The van der Waals surface area contributed by atoms with Crippen molar-refractivity contribution in [1.29, 1.82) is 0 Å². The van der Waals surface area contributed by atoms with Gasteiger partial charge in [0.05, 0.1) is 70.6 Å². The fraction of sp³-hybridized carbons (Fsp3) is 0.453. The number of aliphatic hydroxyl groups is 4. The molecule has 31 heteroatoms. The van der Waals surface area contributed by atoms with E-state index in [1.807, 2.05) is 144 Å². The first-order chi connectivity index (χ1) is 54.3. The van der Waals surface area contributed by atoms with Gasteiger partial charge in [-0.1, -0.05) is 75.5 Å². The van der Waals surface area contributed by atoms with Gasteiger partial charge in [0.2, 0.25) is 0 Å². The second-order valence-electron chi connectivity index (χ2n) is 29.6. The standard InChI is InChI=1S/C28H31N3O3.C15H23BrN2O4.C15H21BrN2O3.C10H15BrN2O2.C8H8BrNO.C7H6BrNO.CH5N.2CH4/c1-20-17-23(24-19-31(15-16-33-24)27(32)34-28(2,3)4)18-29-26(20)30-25(21-11-7-5-8-12-21)22-13-9-6-10-14-22;1-10-7-11(8-17-13(10)16)12(20)9-18(5-6-19)14(21)22-15(2,3)4;1-10-7-11(8-17-13(10)16)12-9-18(5-6-20-12)14(19)21-15(2,3)4;1-7-4-8(5-13-10(7)11)9(15)6-12-2-3-14;1-5-2-6(7-4-11-7)3-10-8(5)9;1-5-2-6(4-10)3-9-7(5)8;1-2;;/h5-14,17-18,24H,15-16,19H2,1-4H3;7-8,12,19-20H,5-6,9H2,1-4H3;7-8,12H,5-6,9H2,1-4H3;4-5,9,12,14-15H,2-3,6H2,1H3;2-3,7H,4H2,1H3;2-4H,1H3;2H2,1H3;2*1H4. The molecule has 3 fully saturated rings. The van der Waals surface area contributed by atoms with E-state index in [0.717, 1.165) is 98.2 Å². The number of carbonyl (C=O) groups excluding carboxylic acids is 4. The molecule has 0 radical (unpaired) electrons. The summed E-state index contributed by atoms with van der Waals surface area (Å²) < 4.78 is 37.1. The van der Waals surface area contributed by atoms with Crippen molar-refractivity contribution in [2.75, 3.05) is 92.4 Å². The molecule has 3 aliphatic rings. The number of aromatic nitrogens is 6. The molecule has 2 aromatic carbocycles. The lowest BCUT2D eigenvalue weighted by Crippen LogP contribution is -2.44. The van der Waals surface area contributed by atoms with Crippen molar-refractivity contribution in [3.05, 3.63) is 235 Å². The minimum Gasteiger partial charge on any atom is -0.444 e. The van der Waals surface area contributed by atoms with E-state index in [4.69, 9.17) is 43.6 Å². The van der Waals surface area contributed by atoms with Crippen LogP contribution in [-0.2, 0) is 28.4 Å². The van der Waals surface area contributed by atoms with Gasteiger partial charge in [-0.2, -0.15) is 0 Å². The number of pyridine rings is 6. The molecule has 0 spiro atoms. The van der Waals surface area contributed by atoms with Gasteiger partial charge in [-0.25, -0.2) is 49.3 Å². The first-order valence-electron chi connectivity index (χ1n) is 37.2. The van der Waals surface area contributed by atoms with Gasteiger partial charge in [-0.15, -0.1) is 0 Å². The van der Waals surface area contributed by atoms with E-state index in [2.05, 4.69) is 151 Å². The highest BCUT2D eigenvalue weighted by Crippen LogP contribution is 2.33. The molecule has 5 unspecified atom stereocenters. The number of nitrogens with zero attached hydrogens (tertiary/aromatic N) is 10. The van der Waals surface area contributed by atoms with Gasteiger partial charge in [0.15, 0.2) is 12.1 Å². The molecule has 640 valence electrons. The molecule has 11 rings (SSSR count). The molecule has 3 aliphatic heterocycles. The Balaban J connectivity index is 0.000000378. The van der Waals surface area contributed by atoms with E-state index >= 15 is 0 Å². The van der Waals surface area contributed by atoms with Gasteiger partial charge < -0.3 is 74.6 Å². The molecule has 5 atom stereocenters. The number of benzene rings is 2. The molecule has 3 amide bonds. The maximum Gasteiger partial charge on any atom is 0.410 e. The number of hydrogen-bond acceptors (Lipinski definition) is 23. The normalized spacial score (nSPS) is 15.1. The number of carbonyl (C=O) groups is 4. The van der Waals surface area contributed by atoms with Crippen molar-refractivity contribution in [3.63, 3.8) is 0 Å². The molecule has 117 heavy (non-hydrogen) atoms. The average molecular weight is 1940 g/mol. The van der Waals surface area contributed by atoms with Crippen LogP contribution in [-0.4, -0.2) is 205 Å². The van der Waals surface area contributed by atoms with E-state index < -0.39 is 35.1 Å². The third kappa shape index (κ3) is 37.0. The molecule has 0 aliphatic carbocycles. The van der Waals surface area contributed by atoms with Gasteiger partial charge in [0, 0.05) is 114 Å². The van der Waals surface area contributed by atoms with Crippen molar-refractivity contribution >= 4 is 116 Å². The lowest BCUT2D eigenvalue weighted by atomic mass is 10.0. The summed E-state index contributed by atoms with van der Waals surface area (Å²) in [4.78, 5) is 81.9. The minimum atomic E-state index is -0.904. The van der Waals surface area contributed by atoms with Crippen molar-refractivity contribution in [2.24, 2.45) is 10.7 Å². The molecular formula is C86H117Br5N12O14. The fourth-order valence-electron chi connectivity index (χ4n) is 10.5. The summed E-state index contributed by atoms with van der Waals surface area (Å²) in [7, 11) is 1.50. The topological polar surface area (TPSA) is 345 Å². The number of amides is 3. The molecule has 0 bridgehead atoms. The van der Waals surface area contributed by atoms with Crippen molar-refractivity contribution in [3.8, 4) is 0 Å². The fourth-order valence-corrected chi connectivity index (χ4v) is 11.6. The lowest BCUT2D eigenvalue weighted by molar-refractivity contribution is -0.0435. The Morgan fingerprint density at radius 1 is 0.547 bits per heavy atom. The summed E-state index contributed by atoms with van der Waals surface area (Å²) in [6, 6.07) is 31.9. The van der Waals surface area contributed by atoms with E-state index in [1.54, 1.807) is 67.5 Å². The van der Waals surface area contributed by atoms with Gasteiger partial charge in [-0.05, 0) is 260 Å². The van der Waals surface area contributed by atoms with E-state index in [-0.39, 0.29) is 65.6 Å². The number of halogens is 5. The molecule has 9 heterocycles. The predicted molar refractivity (Wildman–Crippen MR) is 476 cm³/mol. The summed E-state index contributed by atoms with van der Waals surface area (Å²) >= 11 is 16.6. The molecule has 7 N–H and O–H groups in total. The smallest absolute Gasteiger partial charge is 0.410 e. The average Bonchev–Trinajstić information content (AvgIpc) is 1.80. The van der Waals surface area contributed by atoms with Crippen LogP contribution < -0.4 is 11.1 Å². The second-order valence-corrected chi connectivity index (χ2v) is 33.4. The van der Waals surface area contributed by atoms with Crippen LogP contribution in [0.1, 0.15) is 190 Å². The number of aryl methyl sites for hydroxylation is 6. The molecule has 6 aromatic heterocycles. The molecule has 8 aromatic rings. The largest absolute Gasteiger partial charge is 0.444 e. The van der Waals surface area contributed by atoms with Crippen LogP contribution in [0.25, 0.3) is 0 Å². The van der Waals surface area contributed by atoms with Crippen LogP contribution in [0.5, 0.6) is 0 Å². The summed E-state index contributed by atoms with van der Waals surface area (Å²) in [5, 5.41) is 40.7. The zero-order chi connectivity index (χ0) is 85.3. The maximum atomic E-state index is 12.5. The van der Waals surface area contributed by atoms with Crippen molar-refractivity contribution in [1.82, 2.24) is 49.9 Å². The SMILES string of the molecule is C.C.CN.Cc1cc(C(O)CN(CCO)C(=O)OC(C)(C)C)cnc1Br.Cc1cc(C(O)CNCCO)cnc1Br.Cc1cc(C2CN(C(=O)OC(C)(C)C)CCO2)cnc1Br.Cc1cc(C2CN(C(=O)OC(C)(C)C)CCO2)cnc1N=C(c1ccccc1)c1ccccc1.Cc1cc(C2CO2)cnc1Br.Cc1cc(C=O)cnc1Br. The number of hydrogen-bond donors (Lipinski definition) is 6. The van der Waals surface area contributed by atoms with Crippen LogP contribution in [0.4, 0.5) is 20.2 Å². The first kappa shape index (κ1) is 104. The lowest BCUT2D eigenvalue weighted by Gasteiger charge is -2.34. The van der Waals surface area contributed by atoms with Crippen LogP contribution in [0.3, 0.4) is 0 Å². The number of nitrogens with two attached hydrogens (primary N) is 1. The second kappa shape index (κ2) is 51.2. The number of aliphatic hydroxyl groups excluding tert-OH is 4. The zero-order valence-electron chi connectivity index (χ0n) is 68.2. The number of ether oxygens (including phenoxy) is 6. The predicted octanol–water partition coefficient (Wildman–Crippen LogP) is 17.5. The number of morpholine rings is 2. The van der Waals surface area contributed by atoms with E-state index in [9.17, 15) is 29.4 Å². The van der Waals surface area contributed by atoms with E-state index in [1.165, 1.54) is 23.7 Å². The number of epoxide rings is 1. The summed E-state index contributed by atoms with van der Waals surface area (Å²) in [6.45, 7) is 32.9. The Kier molecular flexibility index (Phi) is 45.4. The van der Waals surface area contributed by atoms with Gasteiger partial charge in [0.25, 0.3) is 0 Å². The Hall–Kier alpha value is -7.47. The number of rotatable bonds is 17. The Labute approximate surface area is 732 Å². The van der Waals surface area contributed by atoms with Crippen LogP contribution in [0, 0.1) is 41.5 Å². The number of aldehydes is 1. The van der Waals surface area contributed by atoms with Gasteiger partial charge in [-0.3, -0.25) is 4.79 Å². The quantitative estimate of drug-likeness (QED) is 0.0123.